The van der Waals surface area contributed by atoms with Gasteiger partial charge in [-0.15, -0.1) is 0 Å². The third kappa shape index (κ3) is 4.14. The molecule has 1 heterocycles. The van der Waals surface area contributed by atoms with Gasteiger partial charge in [0.1, 0.15) is 11.3 Å². The summed E-state index contributed by atoms with van der Waals surface area (Å²) in [4.78, 5) is 27.1. The van der Waals surface area contributed by atoms with Crippen LogP contribution in [-0.4, -0.2) is 23.8 Å². The van der Waals surface area contributed by atoms with Crippen LogP contribution >= 0.6 is 0 Å². The van der Waals surface area contributed by atoms with Crippen molar-refractivity contribution in [3.8, 4) is 11.6 Å². The molecule has 0 N–H and O–H groups in total. The normalized spacial score (nSPS) is 11.1. The fourth-order valence-electron chi connectivity index (χ4n) is 2.09. The molecule has 0 radical (unpaired) electrons. The molecule has 0 saturated heterocycles. The molecular formula is C17H14F3NO4. The number of carbonyl (C=O) groups excluding carboxylic acids is 2. The van der Waals surface area contributed by atoms with E-state index >= 15 is 0 Å². The number of rotatable bonds is 5. The number of hydrogen-bond acceptors (Lipinski definition) is 5. The maximum Gasteiger partial charge on any atom is 0.416 e. The highest BCUT2D eigenvalue weighted by molar-refractivity contribution is 6.00. The molecule has 0 aliphatic rings. The van der Waals surface area contributed by atoms with Crippen LogP contribution in [0.3, 0.4) is 0 Å². The molecular weight excluding hydrogens is 339 g/mol. The van der Waals surface area contributed by atoms with Crippen LogP contribution in [0.15, 0.2) is 30.5 Å². The van der Waals surface area contributed by atoms with Gasteiger partial charge in [0.15, 0.2) is 6.29 Å². The van der Waals surface area contributed by atoms with Gasteiger partial charge < -0.3 is 9.47 Å². The average molecular weight is 353 g/mol. The summed E-state index contributed by atoms with van der Waals surface area (Å²) < 4.78 is 48.5. The van der Waals surface area contributed by atoms with Crippen LogP contribution < -0.4 is 4.74 Å². The zero-order valence-electron chi connectivity index (χ0n) is 13.4. The summed E-state index contributed by atoms with van der Waals surface area (Å²) in [5.41, 5.74) is -0.799. The van der Waals surface area contributed by atoms with Gasteiger partial charge in [0.05, 0.1) is 12.2 Å². The minimum atomic E-state index is -4.48. The molecule has 0 unspecified atom stereocenters. The number of ether oxygens (including phenoxy) is 2. The molecule has 0 saturated carbocycles. The first-order valence-corrected chi connectivity index (χ1v) is 7.25. The maximum atomic E-state index is 12.7. The summed E-state index contributed by atoms with van der Waals surface area (Å²) in [6, 6.07) is 4.22. The molecule has 0 spiro atoms. The number of hydrogen-bond donors (Lipinski definition) is 0. The molecule has 0 amide bonds. The number of aldehydes is 1. The Balaban J connectivity index is 2.44. The van der Waals surface area contributed by atoms with Gasteiger partial charge >= 0.3 is 12.1 Å². The molecule has 25 heavy (non-hydrogen) atoms. The number of carbonyl (C=O) groups is 2. The summed E-state index contributed by atoms with van der Waals surface area (Å²) >= 11 is 0. The van der Waals surface area contributed by atoms with Crippen molar-refractivity contribution in [1.82, 2.24) is 4.98 Å². The van der Waals surface area contributed by atoms with Gasteiger partial charge in [-0.25, -0.2) is 9.78 Å². The van der Waals surface area contributed by atoms with Gasteiger partial charge in [-0.05, 0) is 43.7 Å². The zero-order valence-corrected chi connectivity index (χ0v) is 13.4. The van der Waals surface area contributed by atoms with E-state index in [1.165, 1.54) is 19.2 Å². The van der Waals surface area contributed by atoms with Crippen molar-refractivity contribution >= 4 is 12.3 Å². The van der Waals surface area contributed by atoms with Gasteiger partial charge in [0.2, 0.25) is 5.88 Å². The number of pyridine rings is 1. The molecule has 1 aromatic carbocycles. The lowest BCUT2D eigenvalue weighted by atomic mass is 10.1. The molecule has 2 rings (SSSR count). The SMILES string of the molecule is CCOC(=O)c1c(C=O)ccnc1Oc1ccc(C(F)(F)F)cc1C. The van der Waals surface area contributed by atoms with Crippen molar-refractivity contribution in [1.29, 1.82) is 0 Å². The van der Waals surface area contributed by atoms with Crippen molar-refractivity contribution in [3.05, 3.63) is 52.7 Å². The highest BCUT2D eigenvalue weighted by atomic mass is 19.4. The Morgan fingerprint density at radius 3 is 2.56 bits per heavy atom. The van der Waals surface area contributed by atoms with E-state index in [2.05, 4.69) is 4.98 Å². The highest BCUT2D eigenvalue weighted by Gasteiger charge is 2.31. The topological polar surface area (TPSA) is 65.5 Å². The van der Waals surface area contributed by atoms with Crippen molar-refractivity contribution in [2.45, 2.75) is 20.0 Å². The lowest BCUT2D eigenvalue weighted by Gasteiger charge is -2.14. The number of aryl methyl sites for hydroxylation is 1. The molecule has 0 fully saturated rings. The minimum absolute atomic E-state index is 0.00742. The van der Waals surface area contributed by atoms with E-state index < -0.39 is 17.7 Å². The minimum Gasteiger partial charge on any atom is -0.462 e. The summed E-state index contributed by atoms with van der Waals surface area (Å²) in [6.45, 7) is 3.10. The Kier molecular flexibility index (Phi) is 5.41. The quantitative estimate of drug-likeness (QED) is 0.596. The zero-order chi connectivity index (χ0) is 18.6. The number of alkyl halides is 3. The number of benzene rings is 1. The smallest absolute Gasteiger partial charge is 0.416 e. The van der Waals surface area contributed by atoms with E-state index in [0.29, 0.717) is 6.29 Å². The van der Waals surface area contributed by atoms with Crippen molar-refractivity contribution in [3.63, 3.8) is 0 Å². The molecule has 1 aromatic heterocycles. The third-order valence-electron chi connectivity index (χ3n) is 3.26. The van der Waals surface area contributed by atoms with E-state index in [-0.39, 0.29) is 34.9 Å². The second-order valence-corrected chi connectivity index (χ2v) is 5.00. The van der Waals surface area contributed by atoms with E-state index in [0.717, 1.165) is 18.2 Å². The Morgan fingerprint density at radius 2 is 2.00 bits per heavy atom. The molecule has 0 atom stereocenters. The first-order chi connectivity index (χ1) is 11.8. The summed E-state index contributed by atoms with van der Waals surface area (Å²) in [7, 11) is 0. The average Bonchev–Trinajstić information content (AvgIpc) is 2.55. The monoisotopic (exact) mass is 353 g/mol. The highest BCUT2D eigenvalue weighted by Crippen LogP contribution is 2.34. The van der Waals surface area contributed by atoms with Crippen LogP contribution in [0.25, 0.3) is 0 Å². The van der Waals surface area contributed by atoms with Crippen LogP contribution in [0, 0.1) is 6.92 Å². The van der Waals surface area contributed by atoms with Gasteiger partial charge in [0, 0.05) is 11.8 Å². The molecule has 5 nitrogen and oxygen atoms in total. The predicted molar refractivity (Wildman–Crippen MR) is 81.8 cm³/mol. The number of halogens is 3. The molecule has 0 aliphatic carbocycles. The van der Waals surface area contributed by atoms with Crippen LogP contribution in [-0.2, 0) is 10.9 Å². The Bertz CT molecular complexity index is 803. The first kappa shape index (κ1) is 18.4. The number of esters is 1. The Hall–Kier alpha value is -2.90. The van der Waals surface area contributed by atoms with Crippen molar-refractivity contribution in [2.75, 3.05) is 6.61 Å². The van der Waals surface area contributed by atoms with Gasteiger partial charge in [-0.2, -0.15) is 13.2 Å². The number of aromatic nitrogens is 1. The standard InChI is InChI=1S/C17H14F3NO4/c1-3-24-16(23)14-11(9-22)6-7-21-15(14)25-13-5-4-12(8-10(13)2)17(18,19)20/h4-9H,3H2,1-2H3. The molecule has 0 bridgehead atoms. The van der Waals surface area contributed by atoms with Crippen LogP contribution in [0.2, 0.25) is 0 Å². The van der Waals surface area contributed by atoms with Crippen LogP contribution in [0.1, 0.15) is 38.8 Å². The van der Waals surface area contributed by atoms with E-state index in [1.807, 2.05) is 0 Å². The Labute approximate surface area is 141 Å². The summed E-state index contributed by atoms with van der Waals surface area (Å²) in [5.74, 6) is -0.947. The third-order valence-corrected chi connectivity index (χ3v) is 3.26. The van der Waals surface area contributed by atoms with E-state index in [1.54, 1.807) is 6.92 Å². The van der Waals surface area contributed by atoms with Gasteiger partial charge in [-0.3, -0.25) is 4.79 Å². The number of nitrogens with zero attached hydrogens (tertiary/aromatic N) is 1. The lowest BCUT2D eigenvalue weighted by molar-refractivity contribution is -0.137. The largest absolute Gasteiger partial charge is 0.462 e. The van der Waals surface area contributed by atoms with Crippen molar-refractivity contribution < 1.29 is 32.2 Å². The summed E-state index contributed by atoms with van der Waals surface area (Å²) in [6.07, 6.45) is -2.78. The van der Waals surface area contributed by atoms with Crippen molar-refractivity contribution in [2.24, 2.45) is 0 Å². The second-order valence-electron chi connectivity index (χ2n) is 5.00. The molecule has 132 valence electrons. The Morgan fingerprint density at radius 1 is 1.28 bits per heavy atom. The van der Waals surface area contributed by atoms with Crippen LogP contribution in [0.5, 0.6) is 11.6 Å². The summed E-state index contributed by atoms with van der Waals surface area (Å²) in [5, 5.41) is 0. The fourth-order valence-corrected chi connectivity index (χ4v) is 2.09. The molecule has 2 aromatic rings. The maximum absolute atomic E-state index is 12.7. The van der Waals surface area contributed by atoms with Gasteiger partial charge in [0.25, 0.3) is 0 Å². The fraction of sp³-hybridized carbons (Fsp3) is 0.235. The van der Waals surface area contributed by atoms with Gasteiger partial charge in [-0.1, -0.05) is 0 Å². The predicted octanol–water partition coefficient (Wildman–Crippen LogP) is 4.19. The van der Waals surface area contributed by atoms with E-state index in [4.69, 9.17) is 9.47 Å². The van der Waals surface area contributed by atoms with E-state index in [9.17, 15) is 22.8 Å². The molecule has 8 heteroatoms. The lowest BCUT2D eigenvalue weighted by Crippen LogP contribution is -2.11. The van der Waals surface area contributed by atoms with Crippen LogP contribution in [0.4, 0.5) is 13.2 Å². The molecule has 0 aliphatic heterocycles. The second kappa shape index (κ2) is 7.33. The first-order valence-electron chi connectivity index (χ1n) is 7.25.